The highest BCUT2D eigenvalue weighted by Crippen LogP contribution is 1.90. The second kappa shape index (κ2) is 6.87. The molecule has 0 aromatic rings. The molecule has 72 valence electrons. The van der Waals surface area contributed by atoms with E-state index >= 15 is 0 Å². The molecule has 0 radical (unpaired) electrons. The lowest BCUT2D eigenvalue weighted by molar-refractivity contribution is 0.205. The maximum atomic E-state index is 8.64. The molecular weight excluding hydrogens is 158 g/mol. The van der Waals surface area contributed by atoms with Gasteiger partial charge in [0.2, 0.25) is 0 Å². The van der Waals surface area contributed by atoms with E-state index in [0.717, 1.165) is 6.54 Å². The lowest BCUT2D eigenvalue weighted by atomic mass is 10.3. The Morgan fingerprint density at radius 3 is 2.58 bits per heavy atom. The van der Waals surface area contributed by atoms with E-state index < -0.39 is 0 Å². The number of amidine groups is 1. The third-order valence-corrected chi connectivity index (χ3v) is 1.68. The molecule has 0 heterocycles. The summed E-state index contributed by atoms with van der Waals surface area (Å²) in [7, 11) is 0. The summed E-state index contributed by atoms with van der Waals surface area (Å²) in [6.07, 6.45) is 0.532. The smallest absolute Gasteiger partial charge is 0.140 e. The van der Waals surface area contributed by atoms with Gasteiger partial charge in [-0.15, -0.1) is 0 Å². The number of hydrogen-bond donors (Lipinski definition) is 3. The summed E-state index contributed by atoms with van der Waals surface area (Å²) in [6.45, 7) is 4.35. The zero-order valence-corrected chi connectivity index (χ0v) is 7.40. The molecule has 5 heteroatoms. The van der Waals surface area contributed by atoms with Crippen LogP contribution in [0.3, 0.4) is 0 Å². The maximum absolute atomic E-state index is 8.64. The molecule has 4 N–H and O–H groups in total. The summed E-state index contributed by atoms with van der Waals surface area (Å²) in [6, 6.07) is 0. The van der Waals surface area contributed by atoms with Crippen LogP contribution in [0.4, 0.5) is 0 Å². The summed E-state index contributed by atoms with van der Waals surface area (Å²) in [5.41, 5.74) is 5.28. The Morgan fingerprint density at radius 2 is 2.17 bits per heavy atom. The van der Waals surface area contributed by atoms with Crippen LogP contribution in [0.5, 0.6) is 0 Å². The monoisotopic (exact) mass is 175 g/mol. The minimum atomic E-state index is 0.143. The Balaban J connectivity index is 3.57. The summed E-state index contributed by atoms with van der Waals surface area (Å²) >= 11 is 0. The summed E-state index contributed by atoms with van der Waals surface area (Å²) in [5.74, 6) is 0.228. The van der Waals surface area contributed by atoms with Crippen molar-refractivity contribution in [3.05, 3.63) is 0 Å². The summed E-state index contributed by atoms with van der Waals surface area (Å²) in [4.78, 5) is 2.03. The zero-order valence-electron chi connectivity index (χ0n) is 7.40. The Bertz CT molecular complexity index is 139. The van der Waals surface area contributed by atoms with E-state index in [0.29, 0.717) is 19.5 Å². The minimum Gasteiger partial charge on any atom is -0.409 e. The van der Waals surface area contributed by atoms with Gasteiger partial charge in [0.1, 0.15) is 5.84 Å². The summed E-state index contributed by atoms with van der Waals surface area (Å²) in [5, 5.41) is 19.7. The fourth-order valence-corrected chi connectivity index (χ4v) is 0.892. The molecule has 0 amide bonds. The van der Waals surface area contributed by atoms with Gasteiger partial charge in [0.15, 0.2) is 0 Å². The van der Waals surface area contributed by atoms with Gasteiger partial charge in [-0.1, -0.05) is 12.1 Å². The molecular formula is C7H17N3O2. The third kappa shape index (κ3) is 4.92. The van der Waals surface area contributed by atoms with Crippen LogP contribution in [0.1, 0.15) is 13.3 Å². The molecule has 0 spiro atoms. The molecule has 0 aliphatic rings. The zero-order chi connectivity index (χ0) is 9.40. The first-order valence-electron chi connectivity index (χ1n) is 4.04. The molecule has 5 nitrogen and oxygen atoms in total. The van der Waals surface area contributed by atoms with Gasteiger partial charge in [-0.2, -0.15) is 0 Å². The second-order valence-corrected chi connectivity index (χ2v) is 2.50. The van der Waals surface area contributed by atoms with Crippen molar-refractivity contribution in [1.82, 2.24) is 4.90 Å². The van der Waals surface area contributed by atoms with Crippen molar-refractivity contribution < 1.29 is 10.3 Å². The number of nitrogens with zero attached hydrogens (tertiary/aromatic N) is 2. The standard InChI is InChI=1S/C7H17N3O2/c1-2-10(5-6-11)4-3-7(8)9-12/h11-12H,2-6H2,1H3,(H2,8,9). The van der Waals surface area contributed by atoms with Crippen molar-refractivity contribution in [1.29, 1.82) is 0 Å². The van der Waals surface area contributed by atoms with Crippen molar-refractivity contribution in [2.45, 2.75) is 13.3 Å². The number of oxime groups is 1. The Morgan fingerprint density at radius 1 is 1.50 bits per heavy atom. The van der Waals surface area contributed by atoms with E-state index in [1.165, 1.54) is 0 Å². The number of likely N-dealkylation sites (N-methyl/N-ethyl adjacent to an activating group) is 1. The highest BCUT2D eigenvalue weighted by atomic mass is 16.4. The van der Waals surface area contributed by atoms with Crippen LogP contribution in [0, 0.1) is 0 Å². The van der Waals surface area contributed by atoms with Gasteiger partial charge in [-0.05, 0) is 6.54 Å². The molecule has 0 bridgehead atoms. The highest BCUT2D eigenvalue weighted by Gasteiger charge is 2.01. The van der Waals surface area contributed by atoms with Crippen molar-refractivity contribution >= 4 is 5.84 Å². The van der Waals surface area contributed by atoms with Gasteiger partial charge in [0.05, 0.1) is 6.61 Å². The largest absolute Gasteiger partial charge is 0.409 e. The van der Waals surface area contributed by atoms with Gasteiger partial charge in [-0.25, -0.2) is 0 Å². The van der Waals surface area contributed by atoms with Crippen LogP contribution < -0.4 is 5.73 Å². The van der Waals surface area contributed by atoms with E-state index in [-0.39, 0.29) is 12.4 Å². The van der Waals surface area contributed by atoms with Crippen molar-refractivity contribution in [2.24, 2.45) is 10.9 Å². The molecule has 0 aliphatic heterocycles. The van der Waals surface area contributed by atoms with Crippen molar-refractivity contribution in [3.8, 4) is 0 Å². The average Bonchev–Trinajstić information content (AvgIpc) is 2.11. The SMILES string of the molecule is CCN(CCO)CC/C(N)=N/O. The molecule has 0 fully saturated rings. The molecule has 0 aromatic heterocycles. The maximum Gasteiger partial charge on any atom is 0.140 e. The molecule has 0 saturated carbocycles. The molecule has 0 unspecified atom stereocenters. The minimum absolute atomic E-state index is 0.143. The van der Waals surface area contributed by atoms with Crippen molar-refractivity contribution in [3.63, 3.8) is 0 Å². The number of aliphatic hydroxyl groups is 1. The normalized spacial score (nSPS) is 12.4. The predicted molar refractivity (Wildman–Crippen MR) is 47.2 cm³/mol. The van der Waals surface area contributed by atoms with Gasteiger partial charge < -0.3 is 20.9 Å². The first-order chi connectivity index (χ1) is 5.74. The quantitative estimate of drug-likeness (QED) is 0.219. The Hall–Kier alpha value is -0.810. The number of aliphatic hydroxyl groups excluding tert-OH is 1. The average molecular weight is 175 g/mol. The fourth-order valence-electron chi connectivity index (χ4n) is 0.892. The van der Waals surface area contributed by atoms with Crippen LogP contribution in [0.15, 0.2) is 5.16 Å². The van der Waals surface area contributed by atoms with Crippen LogP contribution in [-0.2, 0) is 0 Å². The van der Waals surface area contributed by atoms with E-state index in [2.05, 4.69) is 5.16 Å². The van der Waals surface area contributed by atoms with E-state index in [9.17, 15) is 0 Å². The van der Waals surface area contributed by atoms with E-state index in [1.807, 2.05) is 11.8 Å². The Kier molecular flexibility index (Phi) is 6.41. The lowest BCUT2D eigenvalue weighted by Crippen LogP contribution is -2.30. The fraction of sp³-hybridized carbons (Fsp3) is 0.857. The first-order valence-corrected chi connectivity index (χ1v) is 4.04. The van der Waals surface area contributed by atoms with Gasteiger partial charge in [0, 0.05) is 19.5 Å². The van der Waals surface area contributed by atoms with Crippen LogP contribution in [0.2, 0.25) is 0 Å². The molecule has 0 atom stereocenters. The number of hydrogen-bond acceptors (Lipinski definition) is 4. The molecule has 0 aromatic carbocycles. The summed E-state index contributed by atoms with van der Waals surface area (Å²) < 4.78 is 0. The van der Waals surface area contributed by atoms with Crippen LogP contribution >= 0.6 is 0 Å². The number of nitrogens with two attached hydrogens (primary N) is 1. The van der Waals surface area contributed by atoms with Gasteiger partial charge in [0.25, 0.3) is 0 Å². The third-order valence-electron chi connectivity index (χ3n) is 1.68. The molecule has 0 saturated heterocycles. The molecule has 0 rings (SSSR count). The van der Waals surface area contributed by atoms with Crippen molar-refractivity contribution in [2.75, 3.05) is 26.2 Å². The van der Waals surface area contributed by atoms with Crippen LogP contribution in [0.25, 0.3) is 0 Å². The lowest BCUT2D eigenvalue weighted by Gasteiger charge is -2.17. The molecule has 12 heavy (non-hydrogen) atoms. The molecule has 0 aliphatic carbocycles. The Labute approximate surface area is 72.5 Å². The van der Waals surface area contributed by atoms with E-state index in [4.69, 9.17) is 16.0 Å². The topological polar surface area (TPSA) is 82.1 Å². The van der Waals surface area contributed by atoms with Gasteiger partial charge >= 0.3 is 0 Å². The van der Waals surface area contributed by atoms with E-state index in [1.54, 1.807) is 0 Å². The van der Waals surface area contributed by atoms with Gasteiger partial charge in [-0.3, -0.25) is 0 Å². The second-order valence-electron chi connectivity index (χ2n) is 2.50. The first kappa shape index (κ1) is 11.2. The highest BCUT2D eigenvalue weighted by molar-refractivity contribution is 5.79. The van der Waals surface area contributed by atoms with Crippen LogP contribution in [-0.4, -0.2) is 47.3 Å². The predicted octanol–water partition coefficient (Wildman–Crippen LogP) is -0.563. The number of rotatable bonds is 6.